The summed E-state index contributed by atoms with van der Waals surface area (Å²) in [5.41, 5.74) is 0.428. The first kappa shape index (κ1) is 16.1. The number of hydrogen-bond acceptors (Lipinski definition) is 4. The molecule has 118 valence electrons. The molecule has 4 nitrogen and oxygen atoms in total. The highest BCUT2D eigenvalue weighted by Gasteiger charge is 2.34. The molecule has 1 aromatic rings. The first-order valence-corrected chi connectivity index (χ1v) is 8.33. The zero-order chi connectivity index (χ0) is 15.1. The summed E-state index contributed by atoms with van der Waals surface area (Å²) >= 11 is 0. The lowest BCUT2D eigenvalue weighted by atomic mass is 9.78. The number of nitrogens with one attached hydrogen (secondary N) is 1. The van der Waals surface area contributed by atoms with Gasteiger partial charge < -0.3 is 10.1 Å². The lowest BCUT2D eigenvalue weighted by molar-refractivity contribution is 0.252. The highest BCUT2D eigenvalue weighted by atomic mass is 16.5. The average molecular weight is 291 g/mol. The number of rotatable bonds is 8. The SMILES string of the molecule is CCCOc1ccnc(NCC2(CC(C)C)CCCC2)n1. The van der Waals surface area contributed by atoms with E-state index in [1.165, 1.54) is 32.1 Å². The van der Waals surface area contributed by atoms with Crippen LogP contribution in [0.4, 0.5) is 5.95 Å². The molecule has 4 heteroatoms. The maximum Gasteiger partial charge on any atom is 0.225 e. The third-order valence-corrected chi connectivity index (χ3v) is 4.21. The summed E-state index contributed by atoms with van der Waals surface area (Å²) in [5.74, 6) is 2.10. The molecule has 1 aliphatic carbocycles. The summed E-state index contributed by atoms with van der Waals surface area (Å²) < 4.78 is 5.57. The molecule has 1 aliphatic rings. The van der Waals surface area contributed by atoms with Crippen LogP contribution in [0, 0.1) is 11.3 Å². The summed E-state index contributed by atoms with van der Waals surface area (Å²) in [7, 11) is 0. The van der Waals surface area contributed by atoms with Crippen molar-refractivity contribution >= 4 is 5.95 Å². The van der Waals surface area contributed by atoms with Crippen molar-refractivity contribution in [2.75, 3.05) is 18.5 Å². The van der Waals surface area contributed by atoms with Crippen molar-refractivity contribution in [1.82, 2.24) is 9.97 Å². The van der Waals surface area contributed by atoms with Crippen LogP contribution in [0.3, 0.4) is 0 Å². The van der Waals surface area contributed by atoms with Gasteiger partial charge in [-0.15, -0.1) is 0 Å². The van der Waals surface area contributed by atoms with E-state index in [2.05, 4.69) is 36.1 Å². The fourth-order valence-corrected chi connectivity index (χ4v) is 3.42. The zero-order valence-electron chi connectivity index (χ0n) is 13.7. The van der Waals surface area contributed by atoms with Gasteiger partial charge in [0.15, 0.2) is 0 Å². The molecule has 21 heavy (non-hydrogen) atoms. The van der Waals surface area contributed by atoms with Crippen LogP contribution in [-0.4, -0.2) is 23.1 Å². The summed E-state index contributed by atoms with van der Waals surface area (Å²) in [5, 5.41) is 3.45. The van der Waals surface area contributed by atoms with Crippen molar-refractivity contribution in [2.45, 2.75) is 59.3 Å². The Balaban J connectivity index is 1.94. The van der Waals surface area contributed by atoms with Crippen LogP contribution in [0.5, 0.6) is 5.88 Å². The van der Waals surface area contributed by atoms with Gasteiger partial charge in [-0.2, -0.15) is 4.98 Å². The second-order valence-electron chi connectivity index (χ2n) is 6.73. The predicted octanol–water partition coefficient (Wildman–Crippen LogP) is 4.28. The predicted molar refractivity (Wildman–Crippen MR) is 86.7 cm³/mol. The summed E-state index contributed by atoms with van der Waals surface area (Å²) in [6.45, 7) is 8.40. The van der Waals surface area contributed by atoms with E-state index in [0.29, 0.717) is 23.9 Å². The first-order chi connectivity index (χ1) is 10.1. The summed E-state index contributed by atoms with van der Waals surface area (Å²) in [6, 6.07) is 1.82. The molecule has 0 aliphatic heterocycles. The normalized spacial score (nSPS) is 17.1. The molecule has 0 radical (unpaired) electrons. The van der Waals surface area contributed by atoms with Crippen LogP contribution in [0.2, 0.25) is 0 Å². The van der Waals surface area contributed by atoms with Crippen LogP contribution in [0.15, 0.2) is 12.3 Å². The van der Waals surface area contributed by atoms with Gasteiger partial charge in [-0.3, -0.25) is 0 Å². The Morgan fingerprint density at radius 1 is 1.33 bits per heavy atom. The minimum absolute atomic E-state index is 0.428. The molecule has 0 spiro atoms. The molecule has 1 fully saturated rings. The molecule has 0 amide bonds. The number of anilines is 1. The molecule has 0 bridgehead atoms. The summed E-state index contributed by atoms with van der Waals surface area (Å²) in [4.78, 5) is 8.75. The van der Waals surface area contributed by atoms with Gasteiger partial charge in [0.05, 0.1) is 6.61 Å². The number of aromatic nitrogens is 2. The van der Waals surface area contributed by atoms with E-state index in [1.54, 1.807) is 6.20 Å². The third-order valence-electron chi connectivity index (χ3n) is 4.21. The van der Waals surface area contributed by atoms with Gasteiger partial charge in [-0.1, -0.05) is 33.6 Å². The quantitative estimate of drug-likeness (QED) is 0.776. The van der Waals surface area contributed by atoms with Gasteiger partial charge in [0.2, 0.25) is 11.8 Å². The van der Waals surface area contributed by atoms with E-state index >= 15 is 0 Å². The fourth-order valence-electron chi connectivity index (χ4n) is 3.42. The van der Waals surface area contributed by atoms with Gasteiger partial charge in [0.25, 0.3) is 0 Å². The van der Waals surface area contributed by atoms with Crippen molar-refractivity contribution < 1.29 is 4.74 Å². The Morgan fingerprint density at radius 2 is 2.10 bits per heavy atom. The minimum atomic E-state index is 0.428. The largest absolute Gasteiger partial charge is 0.478 e. The molecule has 0 saturated heterocycles. The van der Waals surface area contributed by atoms with E-state index in [0.717, 1.165) is 18.9 Å². The molecule has 0 aromatic carbocycles. The lowest BCUT2D eigenvalue weighted by Gasteiger charge is -2.31. The van der Waals surface area contributed by atoms with Crippen LogP contribution in [-0.2, 0) is 0 Å². The van der Waals surface area contributed by atoms with Gasteiger partial charge in [-0.05, 0) is 37.0 Å². The fraction of sp³-hybridized carbons (Fsp3) is 0.765. The van der Waals surface area contributed by atoms with E-state index < -0.39 is 0 Å². The topological polar surface area (TPSA) is 47.0 Å². The molecule has 1 saturated carbocycles. The molecule has 0 atom stereocenters. The molecule has 0 unspecified atom stereocenters. The lowest BCUT2D eigenvalue weighted by Crippen LogP contribution is -2.29. The van der Waals surface area contributed by atoms with Crippen LogP contribution >= 0.6 is 0 Å². The number of nitrogens with zero attached hydrogens (tertiary/aromatic N) is 2. The third kappa shape index (κ3) is 4.87. The van der Waals surface area contributed by atoms with Gasteiger partial charge in [0.1, 0.15) is 0 Å². The standard InChI is InChI=1S/C17H29N3O/c1-4-11-21-15-7-10-18-16(20-15)19-13-17(12-14(2)3)8-5-6-9-17/h7,10,14H,4-6,8-9,11-13H2,1-3H3,(H,18,19,20). The first-order valence-electron chi connectivity index (χ1n) is 8.33. The maximum absolute atomic E-state index is 5.57. The molecular weight excluding hydrogens is 262 g/mol. The maximum atomic E-state index is 5.57. The van der Waals surface area contributed by atoms with Crippen LogP contribution in [0.1, 0.15) is 59.3 Å². The Hall–Kier alpha value is -1.32. The van der Waals surface area contributed by atoms with Gasteiger partial charge in [0, 0.05) is 18.8 Å². The highest BCUT2D eigenvalue weighted by molar-refractivity contribution is 5.28. The van der Waals surface area contributed by atoms with E-state index in [4.69, 9.17) is 4.74 Å². The second-order valence-corrected chi connectivity index (χ2v) is 6.73. The molecule has 1 N–H and O–H groups in total. The van der Waals surface area contributed by atoms with E-state index in [1.807, 2.05) is 6.07 Å². The van der Waals surface area contributed by atoms with Gasteiger partial charge in [-0.25, -0.2) is 4.98 Å². The van der Waals surface area contributed by atoms with Crippen LogP contribution < -0.4 is 10.1 Å². The Morgan fingerprint density at radius 3 is 2.76 bits per heavy atom. The smallest absolute Gasteiger partial charge is 0.225 e. The Bertz CT molecular complexity index is 428. The van der Waals surface area contributed by atoms with Crippen molar-refractivity contribution in [3.63, 3.8) is 0 Å². The van der Waals surface area contributed by atoms with Crippen molar-refractivity contribution in [3.8, 4) is 5.88 Å². The van der Waals surface area contributed by atoms with E-state index in [-0.39, 0.29) is 0 Å². The minimum Gasteiger partial charge on any atom is -0.478 e. The average Bonchev–Trinajstić information content (AvgIpc) is 2.91. The molecule has 2 rings (SSSR count). The van der Waals surface area contributed by atoms with Crippen molar-refractivity contribution in [1.29, 1.82) is 0 Å². The van der Waals surface area contributed by atoms with Crippen molar-refractivity contribution in [2.24, 2.45) is 11.3 Å². The monoisotopic (exact) mass is 291 g/mol. The van der Waals surface area contributed by atoms with Gasteiger partial charge >= 0.3 is 0 Å². The van der Waals surface area contributed by atoms with Crippen LogP contribution in [0.25, 0.3) is 0 Å². The number of hydrogen-bond donors (Lipinski definition) is 1. The molecule has 1 heterocycles. The molecular formula is C17H29N3O. The summed E-state index contributed by atoms with van der Waals surface area (Å²) in [6.07, 6.45) is 9.40. The second kappa shape index (κ2) is 7.62. The highest BCUT2D eigenvalue weighted by Crippen LogP contribution is 2.43. The molecule has 1 aromatic heterocycles. The Kier molecular flexibility index (Phi) is 5.83. The van der Waals surface area contributed by atoms with E-state index in [9.17, 15) is 0 Å². The van der Waals surface area contributed by atoms with Crippen molar-refractivity contribution in [3.05, 3.63) is 12.3 Å². The Labute approximate surface area is 128 Å². The number of ether oxygens (including phenoxy) is 1. The zero-order valence-corrected chi connectivity index (χ0v) is 13.7.